The van der Waals surface area contributed by atoms with E-state index in [9.17, 15) is 4.79 Å². The van der Waals surface area contributed by atoms with Crippen molar-refractivity contribution in [3.63, 3.8) is 0 Å². The minimum atomic E-state index is -0.0864. The molecule has 0 aliphatic heterocycles. The molecule has 0 radical (unpaired) electrons. The van der Waals surface area contributed by atoms with Crippen molar-refractivity contribution in [3.8, 4) is 5.75 Å². The van der Waals surface area contributed by atoms with Gasteiger partial charge >= 0.3 is 0 Å². The van der Waals surface area contributed by atoms with Crippen LogP contribution in [-0.2, 0) is 0 Å². The van der Waals surface area contributed by atoms with E-state index in [0.29, 0.717) is 4.88 Å². The summed E-state index contributed by atoms with van der Waals surface area (Å²) in [6.45, 7) is 1.95. The van der Waals surface area contributed by atoms with Crippen LogP contribution in [-0.4, -0.2) is 13.0 Å². The summed E-state index contributed by atoms with van der Waals surface area (Å²) in [7, 11) is 1.63. The second-order valence-electron chi connectivity index (χ2n) is 4.20. The fourth-order valence-corrected chi connectivity index (χ4v) is 3.66. The Bertz CT molecular complexity index is 608. The van der Waals surface area contributed by atoms with Crippen LogP contribution in [0.15, 0.2) is 38.6 Å². The first kappa shape index (κ1) is 15.5. The van der Waals surface area contributed by atoms with Gasteiger partial charge in [-0.2, -0.15) is 0 Å². The maximum atomic E-state index is 12.2. The van der Waals surface area contributed by atoms with Gasteiger partial charge in [0.15, 0.2) is 0 Å². The summed E-state index contributed by atoms with van der Waals surface area (Å²) in [6, 6.07) is 9.40. The van der Waals surface area contributed by atoms with Crippen molar-refractivity contribution in [1.82, 2.24) is 5.32 Å². The molecule has 106 valence electrons. The van der Waals surface area contributed by atoms with Crippen molar-refractivity contribution in [2.45, 2.75) is 13.0 Å². The lowest BCUT2D eigenvalue weighted by Gasteiger charge is -2.14. The third-order valence-electron chi connectivity index (χ3n) is 2.81. The van der Waals surface area contributed by atoms with Crippen LogP contribution in [0.1, 0.15) is 28.2 Å². The number of carbonyl (C=O) groups excluding carboxylic acids is 1. The average molecular weight is 419 g/mol. The Morgan fingerprint density at radius 2 is 2.10 bits per heavy atom. The van der Waals surface area contributed by atoms with E-state index in [1.54, 1.807) is 7.11 Å². The van der Waals surface area contributed by atoms with Crippen LogP contribution < -0.4 is 10.1 Å². The van der Waals surface area contributed by atoms with E-state index in [1.165, 1.54) is 11.3 Å². The molecule has 1 aromatic carbocycles. The Balaban J connectivity index is 2.10. The van der Waals surface area contributed by atoms with Crippen LogP contribution in [0.5, 0.6) is 5.75 Å². The molecule has 3 nitrogen and oxygen atoms in total. The highest BCUT2D eigenvalue weighted by Crippen LogP contribution is 2.32. The molecule has 0 aliphatic carbocycles. The molecule has 0 saturated heterocycles. The van der Waals surface area contributed by atoms with Gasteiger partial charge in [-0.3, -0.25) is 4.79 Å². The first-order valence-corrected chi connectivity index (χ1v) is 8.31. The second-order valence-corrected chi connectivity index (χ2v) is 7.43. The molecule has 2 rings (SSSR count). The number of ether oxygens (including phenoxy) is 1. The highest BCUT2D eigenvalue weighted by Gasteiger charge is 2.15. The zero-order valence-electron chi connectivity index (χ0n) is 10.9. The van der Waals surface area contributed by atoms with E-state index in [-0.39, 0.29) is 11.9 Å². The van der Waals surface area contributed by atoms with Crippen LogP contribution >= 0.6 is 43.2 Å². The minimum Gasteiger partial charge on any atom is -0.497 e. The molecule has 20 heavy (non-hydrogen) atoms. The number of hydrogen-bond acceptors (Lipinski definition) is 3. The van der Waals surface area contributed by atoms with Gasteiger partial charge < -0.3 is 10.1 Å². The maximum Gasteiger partial charge on any atom is 0.261 e. The molecule has 1 atom stereocenters. The number of nitrogens with one attached hydrogen (secondary N) is 1. The van der Waals surface area contributed by atoms with E-state index in [0.717, 1.165) is 19.6 Å². The van der Waals surface area contributed by atoms with Crippen molar-refractivity contribution in [3.05, 3.63) is 49.0 Å². The van der Waals surface area contributed by atoms with Gasteiger partial charge in [0, 0.05) is 4.47 Å². The van der Waals surface area contributed by atoms with Gasteiger partial charge in [0.1, 0.15) is 5.75 Å². The zero-order valence-corrected chi connectivity index (χ0v) is 14.9. The number of hydrogen-bond donors (Lipinski definition) is 1. The number of methoxy groups -OCH3 is 1. The molecule has 0 aliphatic rings. The van der Waals surface area contributed by atoms with Crippen molar-refractivity contribution in [1.29, 1.82) is 0 Å². The molecule has 6 heteroatoms. The molecule has 0 fully saturated rings. The summed E-state index contributed by atoms with van der Waals surface area (Å²) in [5.41, 5.74) is 1.01. The Kier molecular flexibility index (Phi) is 5.23. The number of benzene rings is 1. The number of amides is 1. The van der Waals surface area contributed by atoms with Gasteiger partial charge in [-0.05, 0) is 62.5 Å². The predicted molar refractivity (Wildman–Crippen MR) is 88.6 cm³/mol. The van der Waals surface area contributed by atoms with E-state index < -0.39 is 0 Å². The molecule has 1 unspecified atom stereocenters. The molecule has 0 bridgehead atoms. The van der Waals surface area contributed by atoms with Crippen LogP contribution in [0.2, 0.25) is 0 Å². The van der Waals surface area contributed by atoms with Gasteiger partial charge in [0.2, 0.25) is 0 Å². The lowest BCUT2D eigenvalue weighted by molar-refractivity contribution is 0.0944. The van der Waals surface area contributed by atoms with Crippen LogP contribution in [0.25, 0.3) is 0 Å². The summed E-state index contributed by atoms with van der Waals surface area (Å²) in [5.74, 6) is 0.696. The maximum absolute atomic E-state index is 12.2. The van der Waals surface area contributed by atoms with Crippen LogP contribution in [0.3, 0.4) is 0 Å². The monoisotopic (exact) mass is 417 g/mol. The van der Waals surface area contributed by atoms with Crippen molar-refractivity contribution in [2.24, 2.45) is 0 Å². The summed E-state index contributed by atoms with van der Waals surface area (Å²) < 4.78 is 6.99. The second kappa shape index (κ2) is 6.74. The smallest absolute Gasteiger partial charge is 0.261 e. The SMILES string of the molecule is COc1cccc(C(C)NC(=O)c2cc(Br)c(Br)s2)c1. The number of halogens is 2. The molecule has 2 aromatic rings. The molecular formula is C14H13Br2NO2S. The molecule has 0 saturated carbocycles. The van der Waals surface area contributed by atoms with Gasteiger partial charge in [-0.25, -0.2) is 0 Å². The summed E-state index contributed by atoms with van der Waals surface area (Å²) >= 11 is 8.17. The molecule has 1 aromatic heterocycles. The third kappa shape index (κ3) is 3.62. The molecule has 1 heterocycles. The van der Waals surface area contributed by atoms with Gasteiger partial charge in [-0.15, -0.1) is 11.3 Å². The first-order chi connectivity index (χ1) is 9.51. The number of thiophene rings is 1. The van der Waals surface area contributed by atoms with Gasteiger partial charge in [-0.1, -0.05) is 12.1 Å². The van der Waals surface area contributed by atoms with E-state index in [2.05, 4.69) is 37.2 Å². The van der Waals surface area contributed by atoms with Crippen molar-refractivity contribution < 1.29 is 9.53 Å². The Morgan fingerprint density at radius 1 is 1.35 bits per heavy atom. The van der Waals surface area contributed by atoms with Gasteiger partial charge in [0.25, 0.3) is 5.91 Å². The highest BCUT2D eigenvalue weighted by atomic mass is 79.9. The first-order valence-electron chi connectivity index (χ1n) is 5.91. The molecule has 1 N–H and O–H groups in total. The summed E-state index contributed by atoms with van der Waals surface area (Å²) in [5, 5.41) is 2.98. The quantitative estimate of drug-likeness (QED) is 0.776. The van der Waals surface area contributed by atoms with Gasteiger partial charge in [0.05, 0.1) is 21.8 Å². The van der Waals surface area contributed by atoms with E-state index >= 15 is 0 Å². The van der Waals surface area contributed by atoms with Crippen molar-refractivity contribution >= 4 is 49.1 Å². The summed E-state index contributed by atoms with van der Waals surface area (Å²) in [6.07, 6.45) is 0. The lowest BCUT2D eigenvalue weighted by atomic mass is 10.1. The largest absolute Gasteiger partial charge is 0.497 e. The number of rotatable bonds is 4. The van der Waals surface area contributed by atoms with Crippen LogP contribution in [0, 0.1) is 0 Å². The molecule has 0 spiro atoms. The lowest BCUT2D eigenvalue weighted by Crippen LogP contribution is -2.25. The highest BCUT2D eigenvalue weighted by molar-refractivity contribution is 9.13. The minimum absolute atomic E-state index is 0.0859. The van der Waals surface area contributed by atoms with E-state index in [4.69, 9.17) is 4.74 Å². The van der Waals surface area contributed by atoms with E-state index in [1.807, 2.05) is 37.3 Å². The topological polar surface area (TPSA) is 38.3 Å². The molecule has 1 amide bonds. The average Bonchev–Trinajstić information content (AvgIpc) is 2.79. The summed E-state index contributed by atoms with van der Waals surface area (Å²) in [4.78, 5) is 12.8. The van der Waals surface area contributed by atoms with Crippen LogP contribution in [0.4, 0.5) is 0 Å². The fraction of sp³-hybridized carbons (Fsp3) is 0.214. The Morgan fingerprint density at radius 3 is 2.70 bits per heavy atom. The Labute approximate surface area is 138 Å². The fourth-order valence-electron chi connectivity index (χ4n) is 1.72. The predicted octanol–water partition coefficient (Wildman–Crippen LogP) is 4.77. The molecular weight excluding hydrogens is 406 g/mol. The standard InChI is InChI=1S/C14H13Br2NO2S/c1-8(9-4-3-5-10(6-9)19-2)17-14(18)12-7-11(15)13(16)20-12/h3-8H,1-2H3,(H,17,18). The van der Waals surface area contributed by atoms with Crippen molar-refractivity contribution in [2.75, 3.05) is 7.11 Å². The normalized spacial score (nSPS) is 12.0. The third-order valence-corrected chi connectivity index (χ3v) is 6.07. The Hall–Kier alpha value is -0.850. The zero-order chi connectivity index (χ0) is 14.7. The number of carbonyl (C=O) groups is 1.